The number of carbonyl (C=O) groups is 4. The van der Waals surface area contributed by atoms with Gasteiger partial charge in [0, 0.05) is 20.0 Å². The molecular weight excluding hydrogens is 603 g/mol. The van der Waals surface area contributed by atoms with Crippen molar-refractivity contribution < 1.29 is 42.6 Å². The van der Waals surface area contributed by atoms with Gasteiger partial charge in [0.1, 0.15) is 27.2 Å². The van der Waals surface area contributed by atoms with Crippen molar-refractivity contribution in [3.63, 3.8) is 0 Å². The Kier molecular flexibility index (Phi) is 37.6. The summed E-state index contributed by atoms with van der Waals surface area (Å²) in [5.74, 6) is -1.08. The lowest BCUT2D eigenvalue weighted by Gasteiger charge is -2.44. The molecule has 0 radical (unpaired) electrons. The van der Waals surface area contributed by atoms with Crippen molar-refractivity contribution in [1.29, 1.82) is 0 Å². The second-order valence-electron chi connectivity index (χ2n) is 10.4. The maximum atomic E-state index is 13.3. The molecule has 0 N–H and O–H groups in total. The van der Waals surface area contributed by atoms with Crippen LogP contribution in [0.2, 0.25) is 0 Å². The fourth-order valence-electron chi connectivity index (χ4n) is 4.03. The third-order valence-corrected chi connectivity index (χ3v) is 6.73. The molecule has 0 aliphatic heterocycles. The predicted molar refractivity (Wildman–Crippen MR) is 185 cm³/mol. The predicted octanol–water partition coefficient (Wildman–Crippen LogP) is 11.3. The van der Waals surface area contributed by atoms with E-state index in [1.165, 1.54) is 30.0 Å². The summed E-state index contributed by atoms with van der Waals surface area (Å²) in [4.78, 5) is 32.0. The first kappa shape index (κ1) is 55.0. The molecule has 0 heterocycles. The van der Waals surface area contributed by atoms with Gasteiger partial charge in [-0.05, 0) is 73.5 Å². The van der Waals surface area contributed by atoms with Crippen LogP contribution in [0.25, 0.3) is 0 Å². The fourth-order valence-corrected chi connectivity index (χ4v) is 4.03. The molecule has 268 valence electrons. The van der Waals surface area contributed by atoms with E-state index in [1.54, 1.807) is 12.1 Å². The lowest BCUT2D eigenvalue weighted by atomic mass is 9.61. The minimum absolute atomic E-state index is 0. The third-order valence-electron chi connectivity index (χ3n) is 6.73. The van der Waals surface area contributed by atoms with Crippen LogP contribution >= 0.6 is 0 Å². The number of carbonyl (C=O) groups excluding carboxylic acids is 4. The summed E-state index contributed by atoms with van der Waals surface area (Å²) in [6.45, 7) is 26.7. The highest BCUT2D eigenvalue weighted by atomic mass is 19.4. The summed E-state index contributed by atoms with van der Waals surface area (Å²) in [7, 11) is 0. The number of rotatable bonds is 6. The Bertz CT molecular complexity index is 964. The van der Waals surface area contributed by atoms with Crippen LogP contribution in [0, 0.1) is 24.2 Å². The normalized spacial score (nSPS) is 14.0. The quantitative estimate of drug-likeness (QED) is 0.228. The topological polar surface area (TPSA) is 68.3 Å². The van der Waals surface area contributed by atoms with Gasteiger partial charge in [-0.25, -0.2) is 8.78 Å². The van der Waals surface area contributed by atoms with Gasteiger partial charge >= 0.3 is 6.18 Å². The van der Waals surface area contributed by atoms with E-state index in [0.29, 0.717) is 5.41 Å². The maximum Gasteiger partial charge on any atom is 0.409 e. The molecule has 0 amide bonds. The molecule has 1 aliphatic rings. The standard InChI is InChI=1S/C18H26F2.C9H12.C3H3F3.C2H6.4CH2O.CH4.H2/c1-13-10-16(11-13)17(2,3)9-8-14-6-5-7-15(12-14)18(4,19)20;1-3-9-6-4-8(2)5-7-9;1-2-3(4,5)6;5*1-2;;/h5-7,12-13,16H,8-11H2,1-4H3;4-7H,3H2,1-2H3;2H,1H2;1-2H3;4*1H2;1H4;1H. The van der Waals surface area contributed by atoms with Crippen molar-refractivity contribution >= 4 is 27.2 Å². The molecule has 2 aromatic rings. The van der Waals surface area contributed by atoms with Crippen molar-refractivity contribution in [2.45, 2.75) is 107 Å². The van der Waals surface area contributed by atoms with Gasteiger partial charge in [-0.2, -0.15) is 13.2 Å². The number of benzene rings is 2. The van der Waals surface area contributed by atoms with Crippen molar-refractivity contribution in [3.05, 3.63) is 83.4 Å². The zero-order valence-corrected chi connectivity index (χ0v) is 28.4. The lowest BCUT2D eigenvalue weighted by molar-refractivity contribution is -0.0987. The van der Waals surface area contributed by atoms with Crippen molar-refractivity contribution in [2.75, 3.05) is 0 Å². The van der Waals surface area contributed by atoms with E-state index < -0.39 is 12.1 Å². The molecule has 9 heteroatoms. The van der Waals surface area contributed by atoms with Crippen molar-refractivity contribution in [2.24, 2.45) is 17.3 Å². The average molecular weight is 665 g/mol. The Balaban J connectivity index is -0.0000000998. The largest absolute Gasteiger partial charge is 0.409 e. The van der Waals surface area contributed by atoms with Gasteiger partial charge in [0.15, 0.2) is 0 Å². The molecule has 3 rings (SSSR count). The highest BCUT2D eigenvalue weighted by molar-refractivity contribution is 5.26. The van der Waals surface area contributed by atoms with Gasteiger partial charge in [0.2, 0.25) is 0 Å². The zero-order chi connectivity index (χ0) is 36.9. The van der Waals surface area contributed by atoms with Crippen LogP contribution in [0.5, 0.6) is 0 Å². The smallest absolute Gasteiger partial charge is 0.307 e. The molecular formula is C37H61F5O4. The molecule has 1 fully saturated rings. The fraction of sp³-hybridized carbons (Fsp3) is 0.514. The third kappa shape index (κ3) is 28.0. The summed E-state index contributed by atoms with van der Waals surface area (Å²) in [5.41, 5.74) is 4.24. The first-order chi connectivity index (χ1) is 21.1. The van der Waals surface area contributed by atoms with E-state index in [-0.39, 0.29) is 20.5 Å². The first-order valence-electron chi connectivity index (χ1n) is 14.5. The molecule has 2 aromatic carbocycles. The zero-order valence-electron chi connectivity index (χ0n) is 28.4. The number of allylic oxidation sites excluding steroid dienone is 1. The van der Waals surface area contributed by atoms with Gasteiger partial charge in [-0.15, -0.1) is 0 Å². The van der Waals surface area contributed by atoms with E-state index in [1.807, 2.05) is 47.1 Å². The monoisotopic (exact) mass is 664 g/mol. The van der Waals surface area contributed by atoms with E-state index in [9.17, 15) is 22.0 Å². The van der Waals surface area contributed by atoms with E-state index in [0.717, 1.165) is 43.6 Å². The molecule has 46 heavy (non-hydrogen) atoms. The van der Waals surface area contributed by atoms with Gasteiger partial charge in [-0.3, -0.25) is 0 Å². The molecule has 0 aromatic heterocycles. The molecule has 0 bridgehead atoms. The molecule has 1 aliphatic carbocycles. The molecule has 1 saturated carbocycles. The summed E-state index contributed by atoms with van der Waals surface area (Å²) >= 11 is 0. The molecule has 0 spiro atoms. The maximum absolute atomic E-state index is 13.3. The van der Waals surface area contributed by atoms with Crippen molar-refractivity contribution in [1.82, 2.24) is 0 Å². The Labute approximate surface area is 277 Å². The van der Waals surface area contributed by atoms with Crippen LogP contribution < -0.4 is 0 Å². The Morgan fingerprint density at radius 3 is 1.54 bits per heavy atom. The summed E-state index contributed by atoms with van der Waals surface area (Å²) < 4.78 is 58.7. The SMILES string of the molecule is C.C=CC(F)(F)F.C=O.C=O.C=O.C=O.CC.CC1CC(C(C)(C)CCc2cccc(C(C)(F)F)c2)C1.CCc1ccc(C)cc1.[HH]. The first-order valence-corrected chi connectivity index (χ1v) is 14.5. The van der Waals surface area contributed by atoms with E-state index in [2.05, 4.69) is 65.5 Å². The highest BCUT2D eigenvalue weighted by Gasteiger charge is 2.37. The summed E-state index contributed by atoms with van der Waals surface area (Å²) in [5, 5.41) is 0. The number of alkyl halides is 5. The Morgan fingerprint density at radius 2 is 1.22 bits per heavy atom. The van der Waals surface area contributed by atoms with Gasteiger partial charge in [0.25, 0.3) is 5.92 Å². The second kappa shape index (κ2) is 31.5. The molecule has 0 unspecified atom stereocenters. The van der Waals surface area contributed by atoms with Gasteiger partial charge in [0.05, 0.1) is 0 Å². The minimum atomic E-state index is -4.19. The summed E-state index contributed by atoms with van der Waals surface area (Å²) in [6.07, 6.45) is 1.48. The minimum Gasteiger partial charge on any atom is -0.307 e. The second-order valence-corrected chi connectivity index (χ2v) is 10.4. The van der Waals surface area contributed by atoms with Crippen LogP contribution in [0.4, 0.5) is 22.0 Å². The molecule has 4 nitrogen and oxygen atoms in total. The molecule has 0 atom stereocenters. The highest BCUT2D eigenvalue weighted by Crippen LogP contribution is 2.47. The number of hydrogen-bond donors (Lipinski definition) is 0. The molecule has 0 saturated heterocycles. The lowest BCUT2D eigenvalue weighted by Crippen LogP contribution is -2.34. The van der Waals surface area contributed by atoms with E-state index in [4.69, 9.17) is 19.2 Å². The Morgan fingerprint density at radius 1 is 0.804 bits per heavy atom. The number of hydrogen-bond acceptors (Lipinski definition) is 4. The van der Waals surface area contributed by atoms with Crippen LogP contribution in [-0.4, -0.2) is 33.3 Å². The van der Waals surface area contributed by atoms with Crippen LogP contribution in [0.15, 0.2) is 61.2 Å². The number of aryl methyl sites for hydroxylation is 3. The average Bonchev–Trinajstić information content (AvgIpc) is 3.04. The van der Waals surface area contributed by atoms with Gasteiger partial charge in [-0.1, -0.05) is 104 Å². The van der Waals surface area contributed by atoms with Crippen LogP contribution in [0.1, 0.15) is 98.8 Å². The van der Waals surface area contributed by atoms with Crippen LogP contribution in [0.3, 0.4) is 0 Å². The van der Waals surface area contributed by atoms with Crippen molar-refractivity contribution in [3.8, 4) is 0 Å². The van der Waals surface area contributed by atoms with Gasteiger partial charge < -0.3 is 19.2 Å². The Hall–Kier alpha value is -3.49. The van der Waals surface area contributed by atoms with Crippen LogP contribution in [-0.2, 0) is 37.9 Å². The number of halogens is 5. The summed E-state index contributed by atoms with van der Waals surface area (Å²) in [6, 6.07) is 15.6. The van der Waals surface area contributed by atoms with E-state index >= 15 is 0 Å².